The highest BCUT2D eigenvalue weighted by Gasteiger charge is 2.13. The average Bonchev–Trinajstić information content (AvgIpc) is 2.46. The number of anilines is 1. The van der Waals surface area contributed by atoms with E-state index in [0.29, 0.717) is 5.56 Å². The number of nitrogens with one attached hydrogen (secondary N) is 1. The molecule has 0 radical (unpaired) electrons. The Morgan fingerprint density at radius 3 is 2.35 bits per heavy atom. The van der Waals surface area contributed by atoms with E-state index in [1.165, 1.54) is 19.1 Å². The molecular weight excluding hydrogens is 318 g/mol. The van der Waals surface area contributed by atoms with Gasteiger partial charge < -0.3 is 9.50 Å². The Morgan fingerprint density at radius 1 is 1.09 bits per heavy atom. The zero-order chi connectivity index (χ0) is 16.9. The molecule has 2 aromatic carbocycles. The van der Waals surface area contributed by atoms with Crippen LogP contribution in [0.15, 0.2) is 48.5 Å². The van der Waals surface area contributed by atoms with Crippen molar-refractivity contribution in [3.8, 4) is 5.75 Å². The van der Waals surface area contributed by atoms with Gasteiger partial charge in [-0.05, 0) is 23.3 Å². The summed E-state index contributed by atoms with van der Waals surface area (Å²) >= 11 is 0. The lowest BCUT2D eigenvalue weighted by atomic mass is 10.1. The van der Waals surface area contributed by atoms with Gasteiger partial charge in [-0.15, -0.1) is 0 Å². The molecule has 0 aliphatic heterocycles. The molecule has 6 nitrogen and oxygen atoms in total. The van der Waals surface area contributed by atoms with Crippen LogP contribution >= 0.6 is 0 Å². The first-order chi connectivity index (χ1) is 10.8. The van der Waals surface area contributed by atoms with E-state index < -0.39 is 16.3 Å². The monoisotopic (exact) mass is 333 g/mol. The quantitative estimate of drug-likeness (QED) is 0.648. The first kappa shape index (κ1) is 16.7. The molecule has 0 aromatic heterocycles. The van der Waals surface area contributed by atoms with E-state index in [2.05, 4.69) is 9.50 Å². The Morgan fingerprint density at radius 2 is 1.74 bits per heavy atom. The van der Waals surface area contributed by atoms with Gasteiger partial charge in [-0.2, -0.15) is 8.42 Å². The van der Waals surface area contributed by atoms with Crippen molar-refractivity contribution in [1.29, 1.82) is 0 Å². The van der Waals surface area contributed by atoms with E-state index >= 15 is 0 Å². The molecule has 0 heterocycles. The van der Waals surface area contributed by atoms with Crippen LogP contribution in [0, 0.1) is 0 Å². The summed E-state index contributed by atoms with van der Waals surface area (Å²) in [5.41, 5.74) is 1.75. The predicted octanol–water partition coefficient (Wildman–Crippen LogP) is 3.00. The molecule has 7 heteroatoms. The highest BCUT2D eigenvalue weighted by molar-refractivity contribution is 7.81. The Kier molecular flexibility index (Phi) is 5.15. The fourth-order valence-electron chi connectivity index (χ4n) is 1.87. The number of amides is 1. The lowest BCUT2D eigenvalue weighted by Gasteiger charge is -2.10. The molecule has 120 valence electrons. The standard InChI is InChI=1S/C16H15NO5S/c1-12(18)17-15-10-9-14(11-16(15)22-23(19,20)21)8-7-13-5-3-2-4-6-13/h2-11H,1H3,(H,17,18)(H,19,20,21)/b8-7+. The summed E-state index contributed by atoms with van der Waals surface area (Å²) in [4.78, 5) is 11.1. The van der Waals surface area contributed by atoms with E-state index in [1.54, 1.807) is 12.1 Å². The van der Waals surface area contributed by atoms with E-state index in [1.807, 2.05) is 36.4 Å². The second kappa shape index (κ2) is 7.08. The van der Waals surface area contributed by atoms with Gasteiger partial charge in [0.1, 0.15) is 0 Å². The Labute approximate surface area is 134 Å². The number of hydrogen-bond donors (Lipinski definition) is 2. The summed E-state index contributed by atoms with van der Waals surface area (Å²) in [6.45, 7) is 1.28. The molecule has 0 atom stereocenters. The van der Waals surface area contributed by atoms with Crippen molar-refractivity contribution in [2.24, 2.45) is 0 Å². The Balaban J connectivity index is 2.33. The van der Waals surface area contributed by atoms with Crippen molar-refractivity contribution in [3.63, 3.8) is 0 Å². The molecule has 2 rings (SSSR count). The van der Waals surface area contributed by atoms with Crippen molar-refractivity contribution in [3.05, 3.63) is 59.7 Å². The molecule has 0 unspecified atom stereocenters. The molecule has 0 saturated carbocycles. The lowest BCUT2D eigenvalue weighted by molar-refractivity contribution is -0.114. The average molecular weight is 333 g/mol. The molecule has 0 spiro atoms. The van der Waals surface area contributed by atoms with Crippen LogP contribution in [0.1, 0.15) is 18.1 Å². The van der Waals surface area contributed by atoms with Crippen LogP contribution < -0.4 is 9.50 Å². The van der Waals surface area contributed by atoms with Crippen LogP contribution in [0.2, 0.25) is 0 Å². The van der Waals surface area contributed by atoms with Crippen LogP contribution in [0.3, 0.4) is 0 Å². The molecule has 2 aromatic rings. The SMILES string of the molecule is CC(=O)Nc1ccc(/C=C/c2ccccc2)cc1OS(=O)(=O)O. The van der Waals surface area contributed by atoms with Gasteiger partial charge in [0.15, 0.2) is 5.75 Å². The third-order valence-electron chi connectivity index (χ3n) is 2.78. The maximum Gasteiger partial charge on any atom is 0.446 e. The maximum atomic E-state index is 11.1. The van der Waals surface area contributed by atoms with Gasteiger partial charge in [-0.3, -0.25) is 9.35 Å². The van der Waals surface area contributed by atoms with Gasteiger partial charge in [-0.1, -0.05) is 48.6 Å². The van der Waals surface area contributed by atoms with Gasteiger partial charge in [0, 0.05) is 6.92 Å². The van der Waals surface area contributed by atoms with E-state index in [0.717, 1.165) is 5.56 Å². The fourth-order valence-corrected chi connectivity index (χ4v) is 2.24. The van der Waals surface area contributed by atoms with Crippen LogP contribution in [0.5, 0.6) is 5.75 Å². The minimum atomic E-state index is -4.69. The molecule has 2 N–H and O–H groups in total. The minimum absolute atomic E-state index is 0.145. The van der Waals surface area contributed by atoms with E-state index in [4.69, 9.17) is 4.55 Å². The third-order valence-corrected chi connectivity index (χ3v) is 3.17. The Hall–Kier alpha value is -2.64. The summed E-state index contributed by atoms with van der Waals surface area (Å²) < 4.78 is 35.2. The number of benzene rings is 2. The largest absolute Gasteiger partial charge is 0.446 e. The highest BCUT2D eigenvalue weighted by Crippen LogP contribution is 2.28. The molecular formula is C16H15NO5S. The zero-order valence-electron chi connectivity index (χ0n) is 12.3. The number of carbonyl (C=O) groups is 1. The first-order valence-corrected chi connectivity index (χ1v) is 8.02. The van der Waals surface area contributed by atoms with Gasteiger partial charge >= 0.3 is 10.4 Å². The van der Waals surface area contributed by atoms with Crippen LogP contribution in [0.25, 0.3) is 12.2 Å². The molecule has 0 aliphatic rings. The van der Waals surface area contributed by atoms with Gasteiger partial charge in [-0.25, -0.2) is 0 Å². The van der Waals surface area contributed by atoms with Crippen LogP contribution in [-0.4, -0.2) is 18.9 Å². The number of carbonyl (C=O) groups excluding carboxylic acids is 1. The second-order valence-corrected chi connectivity index (χ2v) is 5.71. The third kappa shape index (κ3) is 5.57. The topological polar surface area (TPSA) is 92.7 Å². The number of hydrogen-bond acceptors (Lipinski definition) is 4. The molecule has 1 amide bonds. The van der Waals surface area contributed by atoms with E-state index in [-0.39, 0.29) is 11.4 Å². The summed E-state index contributed by atoms with van der Waals surface area (Å²) in [5, 5.41) is 2.43. The molecule has 0 aliphatic carbocycles. The van der Waals surface area contributed by atoms with Crippen molar-refractivity contribution in [2.75, 3.05) is 5.32 Å². The summed E-state index contributed by atoms with van der Waals surface area (Å²) in [6.07, 6.45) is 3.59. The van der Waals surface area contributed by atoms with Crippen LogP contribution in [0.4, 0.5) is 5.69 Å². The summed E-state index contributed by atoms with van der Waals surface area (Å²) in [6, 6.07) is 14.1. The molecule has 0 fully saturated rings. The second-order valence-electron chi connectivity index (χ2n) is 4.69. The van der Waals surface area contributed by atoms with E-state index in [9.17, 15) is 13.2 Å². The normalized spacial score (nSPS) is 11.4. The Bertz CT molecular complexity index is 829. The summed E-state index contributed by atoms with van der Waals surface area (Å²) in [5.74, 6) is -0.560. The summed E-state index contributed by atoms with van der Waals surface area (Å²) in [7, 11) is -4.69. The molecule has 23 heavy (non-hydrogen) atoms. The predicted molar refractivity (Wildman–Crippen MR) is 88.3 cm³/mol. The van der Waals surface area contributed by atoms with Crippen molar-refractivity contribution < 1.29 is 21.9 Å². The van der Waals surface area contributed by atoms with Crippen molar-refractivity contribution in [1.82, 2.24) is 0 Å². The first-order valence-electron chi connectivity index (χ1n) is 6.65. The smallest absolute Gasteiger partial charge is 0.360 e. The zero-order valence-corrected chi connectivity index (χ0v) is 13.1. The highest BCUT2D eigenvalue weighted by atomic mass is 32.3. The molecule has 0 saturated heterocycles. The number of rotatable bonds is 5. The van der Waals surface area contributed by atoms with Crippen molar-refractivity contribution in [2.45, 2.75) is 6.92 Å². The van der Waals surface area contributed by atoms with Gasteiger partial charge in [0.2, 0.25) is 5.91 Å². The fraction of sp³-hybridized carbons (Fsp3) is 0.0625. The molecule has 0 bridgehead atoms. The minimum Gasteiger partial charge on any atom is -0.360 e. The maximum absolute atomic E-state index is 11.1. The lowest BCUT2D eigenvalue weighted by Crippen LogP contribution is -2.11. The van der Waals surface area contributed by atoms with Crippen LogP contribution in [-0.2, 0) is 15.2 Å². The van der Waals surface area contributed by atoms with Gasteiger partial charge in [0.25, 0.3) is 0 Å². The van der Waals surface area contributed by atoms with Crippen molar-refractivity contribution >= 4 is 34.1 Å². The van der Waals surface area contributed by atoms with Gasteiger partial charge in [0.05, 0.1) is 5.69 Å².